The second kappa shape index (κ2) is 9.81. The highest BCUT2D eigenvalue weighted by atomic mass is 28.4. The van der Waals surface area contributed by atoms with Crippen molar-refractivity contribution in [1.82, 2.24) is 0 Å². The summed E-state index contributed by atoms with van der Waals surface area (Å²) < 4.78 is 25.1. The van der Waals surface area contributed by atoms with E-state index < -0.39 is 15.4 Å². The van der Waals surface area contributed by atoms with Crippen molar-refractivity contribution in [2.45, 2.75) is 129 Å². The quantitative estimate of drug-likeness (QED) is 0.326. The molecule has 34 heavy (non-hydrogen) atoms. The van der Waals surface area contributed by atoms with E-state index in [1.165, 1.54) is 6.42 Å². The first-order valence-corrected chi connectivity index (χ1v) is 16.3. The van der Waals surface area contributed by atoms with Crippen LogP contribution in [0.1, 0.15) is 87.5 Å². The molecule has 1 aliphatic heterocycles. The average Bonchev–Trinajstić information content (AvgIpc) is 3.06. The minimum atomic E-state index is -2.05. The monoisotopic (exact) mass is 495 g/mol. The van der Waals surface area contributed by atoms with Gasteiger partial charge in [0.15, 0.2) is 8.32 Å². The van der Waals surface area contributed by atoms with Gasteiger partial charge in [0.1, 0.15) is 0 Å². The first kappa shape index (κ1) is 28.2. The molecule has 4 rings (SSSR count). The third kappa shape index (κ3) is 5.61. The van der Waals surface area contributed by atoms with Crippen molar-refractivity contribution in [1.29, 1.82) is 0 Å². The number of carbonyl (C=O) groups is 1. The number of ether oxygens (including phenoxy) is 1. The van der Waals surface area contributed by atoms with Crippen LogP contribution in [0.2, 0.25) is 18.1 Å². The molecule has 1 heterocycles. The third-order valence-electron chi connectivity index (χ3n) is 9.38. The van der Waals surface area contributed by atoms with Crippen LogP contribution in [0.15, 0.2) is 0 Å². The van der Waals surface area contributed by atoms with Crippen LogP contribution < -0.4 is 5.73 Å². The summed E-state index contributed by atoms with van der Waals surface area (Å²) >= 11 is 0. The summed E-state index contributed by atoms with van der Waals surface area (Å²) in [5.41, 5.74) is 6.70. The molecule has 0 radical (unpaired) electrons. The molecule has 4 fully saturated rings. The first-order chi connectivity index (χ1) is 15.5. The van der Waals surface area contributed by atoms with Crippen molar-refractivity contribution in [3.8, 4) is 0 Å². The van der Waals surface area contributed by atoms with Crippen molar-refractivity contribution >= 4 is 21.4 Å². The van der Waals surface area contributed by atoms with Gasteiger partial charge in [0, 0.05) is 5.94 Å². The lowest BCUT2D eigenvalue weighted by Crippen LogP contribution is -2.65. The molecule has 4 aliphatic rings. The number of hydrogen-bond acceptors (Lipinski definition) is 6. The van der Waals surface area contributed by atoms with Crippen LogP contribution in [0.3, 0.4) is 0 Å². The van der Waals surface area contributed by atoms with E-state index in [-0.39, 0.29) is 41.2 Å². The molecule has 0 amide bonds. The van der Waals surface area contributed by atoms with Gasteiger partial charge >= 0.3 is 13.1 Å². The Morgan fingerprint density at radius 1 is 1.18 bits per heavy atom. The summed E-state index contributed by atoms with van der Waals surface area (Å²) in [4.78, 5) is 12.5. The van der Waals surface area contributed by atoms with E-state index in [0.717, 1.165) is 6.42 Å². The lowest BCUT2D eigenvalue weighted by Gasteiger charge is -2.64. The molecule has 0 aromatic rings. The molecule has 0 spiro atoms. The van der Waals surface area contributed by atoms with Crippen LogP contribution in [0, 0.1) is 23.2 Å². The van der Waals surface area contributed by atoms with Crippen LogP contribution in [0.25, 0.3) is 0 Å². The Morgan fingerprint density at radius 3 is 2.38 bits per heavy atom. The zero-order valence-corrected chi connectivity index (χ0v) is 24.4. The molecular weight excluding hydrogens is 445 g/mol. The number of nitrogens with two attached hydrogens (primary N) is 1. The van der Waals surface area contributed by atoms with Gasteiger partial charge in [0.05, 0.1) is 30.8 Å². The number of carbonyl (C=O) groups excluding carboxylic acids is 1. The summed E-state index contributed by atoms with van der Waals surface area (Å²) in [6.07, 6.45) is 3.84. The highest BCUT2D eigenvalue weighted by Crippen LogP contribution is 2.65. The normalized spacial score (nSPS) is 32.2. The molecule has 2 bridgehead atoms. The van der Waals surface area contributed by atoms with Crippen molar-refractivity contribution in [3.63, 3.8) is 0 Å². The molecule has 6 nitrogen and oxygen atoms in total. The van der Waals surface area contributed by atoms with Crippen molar-refractivity contribution in [3.05, 3.63) is 0 Å². The largest absolute Gasteiger partial charge is 0.475 e. The minimum Gasteiger partial charge on any atom is -0.465 e. The van der Waals surface area contributed by atoms with Gasteiger partial charge in [-0.1, -0.05) is 48.5 Å². The molecule has 1 saturated heterocycles. The van der Waals surface area contributed by atoms with E-state index in [4.69, 9.17) is 24.2 Å². The molecule has 8 heteroatoms. The fourth-order valence-corrected chi connectivity index (χ4v) is 7.29. The smallest absolute Gasteiger partial charge is 0.465 e. The Kier molecular flexibility index (Phi) is 8.12. The molecular formula is C26H50BNO5Si. The Morgan fingerprint density at radius 2 is 1.82 bits per heavy atom. The van der Waals surface area contributed by atoms with Crippen LogP contribution in [-0.2, 0) is 23.3 Å². The van der Waals surface area contributed by atoms with Crippen LogP contribution in [-0.4, -0.2) is 51.8 Å². The summed E-state index contributed by atoms with van der Waals surface area (Å²) in [6.45, 7) is 22.6. The van der Waals surface area contributed by atoms with Crippen molar-refractivity contribution in [2.24, 2.45) is 28.9 Å². The number of rotatable bonds is 10. The standard InChI is InChI=1S/C26H50BNO5Si/c1-17(2)16-30-23(29)15-19(32-34(9,10)24(3,4)5)11-12-22(28)27-31-21-14-18-13-20(25(18,6)7)26(21,8)33-27/h17-22H,11-16,28H2,1-10H3/t18-,19-,20-,21+,22-,26-/m0/s1. The predicted octanol–water partition coefficient (Wildman–Crippen LogP) is 5.34. The van der Waals surface area contributed by atoms with Gasteiger partial charge < -0.3 is 24.2 Å². The Hall–Kier alpha value is -0.408. The number of hydrogen-bond donors (Lipinski definition) is 1. The van der Waals surface area contributed by atoms with E-state index in [0.29, 0.717) is 42.6 Å². The first-order valence-electron chi connectivity index (χ1n) is 13.4. The van der Waals surface area contributed by atoms with Crippen LogP contribution in [0.5, 0.6) is 0 Å². The molecule has 6 atom stereocenters. The molecule has 0 unspecified atom stereocenters. The van der Waals surface area contributed by atoms with Gasteiger partial charge in [-0.2, -0.15) is 0 Å². The summed E-state index contributed by atoms with van der Waals surface area (Å²) in [5.74, 6) is 1.11. The van der Waals surface area contributed by atoms with Crippen molar-refractivity contribution < 1.29 is 23.3 Å². The SMILES string of the molecule is CC(C)COC(=O)C[C@H](CC[C@H](N)B1O[C@@H]2C[C@@H]3C[C@@H](C3(C)C)[C@]2(C)O1)O[Si](C)(C)C(C)(C)C. The van der Waals surface area contributed by atoms with Gasteiger partial charge in [0.25, 0.3) is 0 Å². The average molecular weight is 496 g/mol. The fraction of sp³-hybridized carbons (Fsp3) is 0.962. The second-order valence-electron chi connectivity index (χ2n) is 13.9. The summed E-state index contributed by atoms with van der Waals surface area (Å²) in [6, 6.07) is 0. The lowest BCUT2D eigenvalue weighted by atomic mass is 9.43. The summed E-state index contributed by atoms with van der Waals surface area (Å²) in [5, 5.41) is 0.0603. The Balaban J connectivity index is 1.61. The molecule has 0 aromatic heterocycles. The van der Waals surface area contributed by atoms with E-state index in [2.05, 4.69) is 54.6 Å². The van der Waals surface area contributed by atoms with E-state index in [1.54, 1.807) is 0 Å². The van der Waals surface area contributed by atoms with E-state index in [1.807, 2.05) is 13.8 Å². The van der Waals surface area contributed by atoms with Gasteiger partial charge in [-0.3, -0.25) is 4.79 Å². The maximum atomic E-state index is 12.5. The third-order valence-corrected chi connectivity index (χ3v) is 13.9. The van der Waals surface area contributed by atoms with Crippen LogP contribution in [0.4, 0.5) is 0 Å². The van der Waals surface area contributed by atoms with Crippen molar-refractivity contribution in [2.75, 3.05) is 6.61 Å². The molecule has 0 aromatic carbocycles. The van der Waals surface area contributed by atoms with E-state index >= 15 is 0 Å². The zero-order valence-electron chi connectivity index (χ0n) is 23.4. The predicted molar refractivity (Wildman–Crippen MR) is 140 cm³/mol. The summed E-state index contributed by atoms with van der Waals surface area (Å²) in [7, 11) is -2.45. The van der Waals surface area contributed by atoms with Gasteiger partial charge in [-0.05, 0) is 73.9 Å². The molecule has 3 saturated carbocycles. The highest BCUT2D eigenvalue weighted by Gasteiger charge is 2.68. The maximum absolute atomic E-state index is 12.5. The Bertz CT molecular complexity index is 739. The fourth-order valence-electron chi connectivity index (χ4n) is 5.90. The maximum Gasteiger partial charge on any atom is 0.475 e. The van der Waals surface area contributed by atoms with Gasteiger partial charge in [-0.15, -0.1) is 0 Å². The molecule has 2 N–H and O–H groups in total. The van der Waals surface area contributed by atoms with Crippen LogP contribution >= 0.6 is 0 Å². The minimum absolute atomic E-state index is 0.0603. The molecule has 3 aliphatic carbocycles. The lowest BCUT2D eigenvalue weighted by molar-refractivity contribution is -0.199. The zero-order chi connectivity index (χ0) is 25.7. The molecule has 196 valence electrons. The van der Waals surface area contributed by atoms with Gasteiger partial charge in [-0.25, -0.2) is 0 Å². The van der Waals surface area contributed by atoms with E-state index in [9.17, 15) is 4.79 Å². The Labute approximate surface area is 209 Å². The highest BCUT2D eigenvalue weighted by molar-refractivity contribution is 6.74. The van der Waals surface area contributed by atoms with Gasteiger partial charge in [0.2, 0.25) is 0 Å². The second-order valence-corrected chi connectivity index (χ2v) is 18.6. The number of esters is 1. The topological polar surface area (TPSA) is 80.0 Å².